The number of hydrogen-bond acceptors (Lipinski definition) is 3. The highest BCUT2D eigenvalue weighted by atomic mass is 16.6. The van der Waals surface area contributed by atoms with Crippen LogP contribution < -0.4 is 0 Å². The molecule has 0 aliphatic carbocycles. The lowest BCUT2D eigenvalue weighted by Gasteiger charge is -1.99. The minimum Gasteiger partial charge on any atom is -0.394 e. The van der Waals surface area contributed by atoms with Gasteiger partial charge in [-0.3, -0.25) is 0 Å². The Labute approximate surface area is 83.6 Å². The molecular weight excluding hydrogens is 176 g/mol. The molecule has 14 heavy (non-hydrogen) atoms. The largest absolute Gasteiger partial charge is 0.394 e. The summed E-state index contributed by atoms with van der Waals surface area (Å²) in [6.45, 7) is 2.22. The molecule has 3 nitrogen and oxygen atoms in total. The fraction of sp³-hybridized carbons (Fsp3) is 0.273. The lowest BCUT2D eigenvalue weighted by molar-refractivity contribution is 0.150. The van der Waals surface area contributed by atoms with Crippen LogP contribution in [0.15, 0.2) is 35.5 Å². The zero-order chi connectivity index (χ0) is 10.2. The maximum atomic E-state index is 8.27. The number of nitrogens with zero attached hydrogens (tertiary/aromatic N) is 2. The molecule has 0 saturated heterocycles. The van der Waals surface area contributed by atoms with Crippen molar-refractivity contribution in [2.45, 2.75) is 13.3 Å². The van der Waals surface area contributed by atoms with Crippen molar-refractivity contribution in [1.29, 1.82) is 5.26 Å². The van der Waals surface area contributed by atoms with Crippen LogP contribution in [0.1, 0.15) is 18.9 Å². The van der Waals surface area contributed by atoms with Gasteiger partial charge in [0.15, 0.2) is 0 Å². The number of oxime groups is 1. The van der Waals surface area contributed by atoms with Crippen molar-refractivity contribution in [2.24, 2.45) is 5.16 Å². The summed E-state index contributed by atoms with van der Waals surface area (Å²) in [5, 5.41) is 12.2. The Morgan fingerprint density at radius 2 is 2.14 bits per heavy atom. The minimum atomic E-state index is 0.348. The van der Waals surface area contributed by atoms with Crippen LogP contribution in [0.2, 0.25) is 0 Å². The van der Waals surface area contributed by atoms with E-state index in [0.29, 0.717) is 13.0 Å². The van der Waals surface area contributed by atoms with Crippen LogP contribution in [0.25, 0.3) is 0 Å². The van der Waals surface area contributed by atoms with Crippen molar-refractivity contribution in [3.05, 3.63) is 35.9 Å². The second-order valence-electron chi connectivity index (χ2n) is 2.78. The predicted molar refractivity (Wildman–Crippen MR) is 54.8 cm³/mol. The first-order valence-corrected chi connectivity index (χ1v) is 4.43. The monoisotopic (exact) mass is 188 g/mol. The van der Waals surface area contributed by atoms with Gasteiger partial charge in [-0.05, 0) is 12.5 Å². The highest BCUT2D eigenvalue weighted by Crippen LogP contribution is 2.00. The van der Waals surface area contributed by atoms with Crippen molar-refractivity contribution < 1.29 is 4.84 Å². The van der Waals surface area contributed by atoms with Crippen LogP contribution in [0, 0.1) is 11.3 Å². The minimum absolute atomic E-state index is 0.348. The van der Waals surface area contributed by atoms with E-state index in [4.69, 9.17) is 10.1 Å². The topological polar surface area (TPSA) is 45.4 Å². The molecule has 0 aliphatic heterocycles. The van der Waals surface area contributed by atoms with Crippen LogP contribution in [0.4, 0.5) is 0 Å². The Kier molecular flexibility index (Phi) is 4.22. The van der Waals surface area contributed by atoms with Gasteiger partial charge >= 0.3 is 0 Å². The molecule has 0 heterocycles. The zero-order valence-electron chi connectivity index (χ0n) is 8.10. The van der Waals surface area contributed by atoms with Gasteiger partial charge in [0.25, 0.3) is 0 Å². The Morgan fingerprint density at radius 1 is 1.43 bits per heavy atom. The molecule has 0 N–H and O–H groups in total. The van der Waals surface area contributed by atoms with Gasteiger partial charge in [-0.25, -0.2) is 0 Å². The lowest BCUT2D eigenvalue weighted by atomic mass is 10.1. The predicted octanol–water partition coefficient (Wildman–Crippen LogP) is 2.34. The zero-order valence-corrected chi connectivity index (χ0v) is 8.10. The Bertz CT molecular complexity index is 338. The van der Waals surface area contributed by atoms with E-state index in [1.165, 1.54) is 0 Å². The molecule has 0 radical (unpaired) electrons. The fourth-order valence-corrected chi connectivity index (χ4v) is 0.966. The normalized spacial score (nSPS) is 10.7. The van der Waals surface area contributed by atoms with Gasteiger partial charge in [0.1, 0.15) is 6.61 Å². The van der Waals surface area contributed by atoms with Crippen molar-refractivity contribution in [3.63, 3.8) is 0 Å². The third kappa shape index (κ3) is 3.28. The van der Waals surface area contributed by atoms with Crippen LogP contribution in [-0.2, 0) is 4.84 Å². The quantitative estimate of drug-likeness (QED) is 0.413. The molecule has 72 valence electrons. The summed E-state index contributed by atoms with van der Waals surface area (Å²) in [6, 6.07) is 11.8. The molecule has 0 aliphatic rings. The first kappa shape index (κ1) is 10.3. The van der Waals surface area contributed by atoms with E-state index in [2.05, 4.69) is 5.16 Å². The van der Waals surface area contributed by atoms with E-state index in [1.54, 1.807) is 0 Å². The van der Waals surface area contributed by atoms with Crippen molar-refractivity contribution in [1.82, 2.24) is 0 Å². The van der Waals surface area contributed by atoms with Crippen LogP contribution in [0.5, 0.6) is 0 Å². The Balaban J connectivity index is 2.49. The molecule has 0 spiro atoms. The second kappa shape index (κ2) is 5.76. The summed E-state index contributed by atoms with van der Waals surface area (Å²) in [7, 11) is 0. The van der Waals surface area contributed by atoms with E-state index in [9.17, 15) is 0 Å². The number of nitriles is 1. The molecule has 0 fully saturated rings. The second-order valence-corrected chi connectivity index (χ2v) is 2.78. The maximum Gasteiger partial charge on any atom is 0.130 e. The summed E-state index contributed by atoms with van der Waals surface area (Å²) in [6.07, 6.45) is 0.367. The Morgan fingerprint density at radius 3 is 2.79 bits per heavy atom. The highest BCUT2D eigenvalue weighted by Gasteiger charge is 1.95. The summed E-state index contributed by atoms with van der Waals surface area (Å²) in [5.41, 5.74) is 1.85. The summed E-state index contributed by atoms with van der Waals surface area (Å²) < 4.78 is 0. The van der Waals surface area contributed by atoms with Gasteiger partial charge in [0.2, 0.25) is 0 Å². The van der Waals surface area contributed by atoms with Crippen LogP contribution >= 0.6 is 0 Å². The molecule has 1 rings (SSSR count). The van der Waals surface area contributed by atoms with E-state index in [-0.39, 0.29) is 0 Å². The van der Waals surface area contributed by atoms with Gasteiger partial charge in [0, 0.05) is 0 Å². The molecule has 0 amide bonds. The van der Waals surface area contributed by atoms with E-state index >= 15 is 0 Å². The van der Waals surface area contributed by atoms with E-state index in [1.807, 2.05) is 43.3 Å². The van der Waals surface area contributed by atoms with Crippen molar-refractivity contribution in [3.8, 4) is 6.07 Å². The smallest absolute Gasteiger partial charge is 0.130 e. The third-order valence-electron chi connectivity index (χ3n) is 1.70. The number of benzene rings is 1. The summed E-state index contributed by atoms with van der Waals surface area (Å²) >= 11 is 0. The van der Waals surface area contributed by atoms with Gasteiger partial charge in [-0.15, -0.1) is 0 Å². The molecule has 0 unspecified atom stereocenters. The van der Waals surface area contributed by atoms with Crippen LogP contribution in [0.3, 0.4) is 0 Å². The average Bonchev–Trinajstić information content (AvgIpc) is 2.25. The van der Waals surface area contributed by atoms with Crippen molar-refractivity contribution >= 4 is 5.71 Å². The van der Waals surface area contributed by atoms with E-state index in [0.717, 1.165) is 11.3 Å². The third-order valence-corrected chi connectivity index (χ3v) is 1.70. The summed E-state index contributed by atoms with van der Waals surface area (Å²) in [5.74, 6) is 0. The van der Waals surface area contributed by atoms with Gasteiger partial charge in [-0.1, -0.05) is 35.5 Å². The van der Waals surface area contributed by atoms with Gasteiger partial charge in [-0.2, -0.15) is 5.26 Å². The fourth-order valence-electron chi connectivity index (χ4n) is 0.966. The molecular formula is C11H12N2O. The molecule has 3 heteroatoms. The molecule has 1 aromatic rings. The van der Waals surface area contributed by atoms with E-state index < -0.39 is 0 Å². The molecule has 0 bridgehead atoms. The number of rotatable bonds is 4. The molecule has 1 aromatic carbocycles. The molecule has 0 aromatic heterocycles. The van der Waals surface area contributed by atoms with Gasteiger partial charge in [0.05, 0.1) is 18.2 Å². The van der Waals surface area contributed by atoms with Crippen LogP contribution in [-0.4, -0.2) is 12.3 Å². The maximum absolute atomic E-state index is 8.27. The van der Waals surface area contributed by atoms with Crippen molar-refractivity contribution in [2.75, 3.05) is 6.61 Å². The van der Waals surface area contributed by atoms with Gasteiger partial charge < -0.3 is 4.84 Å². The lowest BCUT2D eigenvalue weighted by Crippen LogP contribution is -1.96. The first-order valence-electron chi connectivity index (χ1n) is 4.43. The first-order chi connectivity index (χ1) is 6.84. The standard InChI is InChI=1S/C11H12N2O/c1-10(13-14-9-5-8-12)11-6-3-2-4-7-11/h2-4,6-7H,5,9H2,1H3/b13-10+. The molecule has 0 saturated carbocycles. The molecule has 0 atom stereocenters. The highest BCUT2D eigenvalue weighted by molar-refractivity contribution is 5.98. The average molecular weight is 188 g/mol. The SMILES string of the molecule is C/C(=N\OCCC#N)c1ccccc1. The summed E-state index contributed by atoms with van der Waals surface area (Å²) in [4.78, 5) is 4.96. The Hall–Kier alpha value is -1.82. The number of hydrogen-bond donors (Lipinski definition) is 0.